The second kappa shape index (κ2) is 6.83. The summed E-state index contributed by atoms with van der Waals surface area (Å²) < 4.78 is 10.2. The lowest BCUT2D eigenvalue weighted by Gasteiger charge is -2.29. The predicted molar refractivity (Wildman–Crippen MR) is 61.1 cm³/mol. The minimum Gasteiger partial charge on any atom is -0.461 e. The van der Waals surface area contributed by atoms with Crippen molar-refractivity contribution in [2.45, 2.75) is 31.4 Å². The summed E-state index contributed by atoms with van der Waals surface area (Å²) in [5, 5.41) is 0. The van der Waals surface area contributed by atoms with E-state index in [1.165, 1.54) is 0 Å². The molecular formula is C11H22N2O3. The summed E-state index contributed by atoms with van der Waals surface area (Å²) in [6, 6.07) is -0.556. The number of rotatable bonds is 5. The van der Waals surface area contributed by atoms with Crippen molar-refractivity contribution >= 4 is 5.97 Å². The van der Waals surface area contributed by atoms with Gasteiger partial charge in [0, 0.05) is 26.8 Å². The molecule has 1 saturated heterocycles. The Labute approximate surface area is 96.9 Å². The van der Waals surface area contributed by atoms with E-state index in [4.69, 9.17) is 15.2 Å². The number of piperidine rings is 1. The number of nitrogens with two attached hydrogens (primary N) is 1. The summed E-state index contributed by atoms with van der Waals surface area (Å²) in [6.07, 6.45) is 2.36. The van der Waals surface area contributed by atoms with Crippen molar-refractivity contribution in [1.29, 1.82) is 0 Å². The van der Waals surface area contributed by atoms with Crippen LogP contribution in [0, 0.1) is 0 Å². The Balaban J connectivity index is 2.22. The van der Waals surface area contributed by atoms with Crippen LogP contribution in [0.4, 0.5) is 0 Å². The molecule has 16 heavy (non-hydrogen) atoms. The van der Waals surface area contributed by atoms with Gasteiger partial charge in [-0.3, -0.25) is 4.79 Å². The van der Waals surface area contributed by atoms with Crippen LogP contribution in [-0.2, 0) is 14.3 Å². The van der Waals surface area contributed by atoms with E-state index in [1.807, 2.05) is 0 Å². The SMILES string of the molecule is COCCC(N)C(=O)OC1CCN(C)CC1. The maximum absolute atomic E-state index is 11.6. The van der Waals surface area contributed by atoms with Gasteiger partial charge in [-0.15, -0.1) is 0 Å². The molecule has 1 fully saturated rings. The number of hydrogen-bond acceptors (Lipinski definition) is 5. The zero-order valence-corrected chi connectivity index (χ0v) is 10.1. The first-order valence-corrected chi connectivity index (χ1v) is 5.77. The molecule has 1 atom stereocenters. The smallest absolute Gasteiger partial charge is 0.323 e. The number of ether oxygens (including phenoxy) is 2. The van der Waals surface area contributed by atoms with Gasteiger partial charge in [0.15, 0.2) is 0 Å². The van der Waals surface area contributed by atoms with Gasteiger partial charge in [-0.05, 0) is 26.3 Å². The molecule has 5 heteroatoms. The fourth-order valence-electron chi connectivity index (χ4n) is 1.72. The van der Waals surface area contributed by atoms with Crippen molar-refractivity contribution in [2.24, 2.45) is 5.73 Å². The summed E-state index contributed by atoms with van der Waals surface area (Å²) in [7, 11) is 3.66. The molecule has 1 aliphatic heterocycles. The van der Waals surface area contributed by atoms with Gasteiger partial charge in [0.05, 0.1) is 0 Å². The Morgan fingerprint density at radius 2 is 2.12 bits per heavy atom. The first-order valence-electron chi connectivity index (χ1n) is 5.77. The van der Waals surface area contributed by atoms with E-state index in [9.17, 15) is 4.79 Å². The van der Waals surface area contributed by atoms with Crippen molar-refractivity contribution in [2.75, 3.05) is 33.9 Å². The molecule has 1 unspecified atom stereocenters. The lowest BCUT2D eigenvalue weighted by atomic mass is 10.1. The third-order valence-corrected chi connectivity index (χ3v) is 2.88. The highest BCUT2D eigenvalue weighted by atomic mass is 16.5. The highest BCUT2D eigenvalue weighted by Gasteiger charge is 2.23. The Bertz CT molecular complexity index is 215. The van der Waals surface area contributed by atoms with Crippen LogP contribution in [0.5, 0.6) is 0 Å². The van der Waals surface area contributed by atoms with Gasteiger partial charge in [-0.1, -0.05) is 0 Å². The highest BCUT2D eigenvalue weighted by Crippen LogP contribution is 2.13. The van der Waals surface area contributed by atoms with Crippen LogP contribution in [0.25, 0.3) is 0 Å². The van der Waals surface area contributed by atoms with E-state index in [1.54, 1.807) is 7.11 Å². The number of hydrogen-bond donors (Lipinski definition) is 1. The molecule has 0 aliphatic carbocycles. The van der Waals surface area contributed by atoms with E-state index in [0.717, 1.165) is 25.9 Å². The largest absolute Gasteiger partial charge is 0.461 e. The second-order valence-corrected chi connectivity index (χ2v) is 4.33. The van der Waals surface area contributed by atoms with E-state index >= 15 is 0 Å². The molecule has 5 nitrogen and oxygen atoms in total. The van der Waals surface area contributed by atoms with E-state index in [-0.39, 0.29) is 12.1 Å². The molecule has 0 aromatic heterocycles. The van der Waals surface area contributed by atoms with Crippen molar-refractivity contribution in [3.05, 3.63) is 0 Å². The number of likely N-dealkylation sites (tertiary alicyclic amines) is 1. The normalized spacial score (nSPS) is 20.7. The predicted octanol–water partition coefficient (Wildman–Crippen LogP) is -0.0124. The summed E-state index contributed by atoms with van der Waals surface area (Å²) in [5.74, 6) is -0.299. The summed E-state index contributed by atoms with van der Waals surface area (Å²) in [5.41, 5.74) is 5.68. The first-order chi connectivity index (χ1) is 7.63. The Morgan fingerprint density at radius 3 is 2.69 bits per heavy atom. The molecular weight excluding hydrogens is 208 g/mol. The highest BCUT2D eigenvalue weighted by molar-refractivity contribution is 5.75. The monoisotopic (exact) mass is 230 g/mol. The second-order valence-electron chi connectivity index (χ2n) is 4.33. The maximum atomic E-state index is 11.6. The number of carbonyl (C=O) groups excluding carboxylic acids is 1. The third-order valence-electron chi connectivity index (χ3n) is 2.88. The zero-order valence-electron chi connectivity index (χ0n) is 10.1. The fraction of sp³-hybridized carbons (Fsp3) is 0.909. The van der Waals surface area contributed by atoms with Crippen LogP contribution in [0.3, 0.4) is 0 Å². The third kappa shape index (κ3) is 4.47. The Kier molecular flexibility index (Phi) is 5.73. The molecule has 0 saturated carbocycles. The number of esters is 1. The van der Waals surface area contributed by atoms with Crippen LogP contribution in [0.2, 0.25) is 0 Å². The summed E-state index contributed by atoms with van der Waals surface area (Å²) in [4.78, 5) is 13.8. The molecule has 94 valence electrons. The summed E-state index contributed by atoms with van der Waals surface area (Å²) >= 11 is 0. The molecule has 0 amide bonds. The van der Waals surface area contributed by atoms with Crippen molar-refractivity contribution in [3.8, 4) is 0 Å². The van der Waals surface area contributed by atoms with Gasteiger partial charge in [-0.25, -0.2) is 0 Å². The molecule has 2 N–H and O–H groups in total. The average molecular weight is 230 g/mol. The molecule has 0 bridgehead atoms. The van der Waals surface area contributed by atoms with Gasteiger partial charge in [-0.2, -0.15) is 0 Å². The lowest BCUT2D eigenvalue weighted by molar-refractivity contribution is -0.153. The standard InChI is InChI=1S/C11H22N2O3/c1-13-6-3-9(4-7-13)16-11(14)10(12)5-8-15-2/h9-10H,3-8,12H2,1-2H3. The number of nitrogens with zero attached hydrogens (tertiary/aromatic N) is 1. The Morgan fingerprint density at radius 1 is 1.50 bits per heavy atom. The van der Waals surface area contributed by atoms with Crippen LogP contribution >= 0.6 is 0 Å². The maximum Gasteiger partial charge on any atom is 0.323 e. The van der Waals surface area contributed by atoms with Crippen LogP contribution in [0.1, 0.15) is 19.3 Å². The van der Waals surface area contributed by atoms with Gasteiger partial charge in [0.2, 0.25) is 0 Å². The van der Waals surface area contributed by atoms with Crippen LogP contribution in [0.15, 0.2) is 0 Å². The van der Waals surface area contributed by atoms with Crippen LogP contribution < -0.4 is 5.73 Å². The van der Waals surface area contributed by atoms with E-state index in [0.29, 0.717) is 13.0 Å². The van der Waals surface area contributed by atoms with Crippen molar-refractivity contribution < 1.29 is 14.3 Å². The Hall–Kier alpha value is -0.650. The molecule has 0 spiro atoms. The first kappa shape index (κ1) is 13.4. The molecule has 1 heterocycles. The van der Waals surface area contributed by atoms with E-state index < -0.39 is 6.04 Å². The number of methoxy groups -OCH3 is 1. The molecule has 0 radical (unpaired) electrons. The zero-order chi connectivity index (χ0) is 12.0. The lowest BCUT2D eigenvalue weighted by Crippen LogP contribution is -2.40. The van der Waals surface area contributed by atoms with Crippen LogP contribution in [-0.4, -0.2) is 56.9 Å². The molecule has 0 aromatic carbocycles. The fourth-order valence-corrected chi connectivity index (χ4v) is 1.72. The van der Waals surface area contributed by atoms with Gasteiger partial charge < -0.3 is 20.1 Å². The molecule has 1 rings (SSSR count). The average Bonchev–Trinajstić information content (AvgIpc) is 2.29. The van der Waals surface area contributed by atoms with Crippen molar-refractivity contribution in [3.63, 3.8) is 0 Å². The summed E-state index contributed by atoms with van der Waals surface area (Å²) in [6.45, 7) is 2.44. The molecule has 0 aromatic rings. The van der Waals surface area contributed by atoms with Gasteiger partial charge in [0.1, 0.15) is 12.1 Å². The quantitative estimate of drug-likeness (QED) is 0.673. The molecule has 1 aliphatic rings. The van der Waals surface area contributed by atoms with Gasteiger partial charge >= 0.3 is 5.97 Å². The topological polar surface area (TPSA) is 64.8 Å². The van der Waals surface area contributed by atoms with Gasteiger partial charge in [0.25, 0.3) is 0 Å². The minimum absolute atomic E-state index is 0.0392. The van der Waals surface area contributed by atoms with E-state index in [2.05, 4.69) is 11.9 Å². The minimum atomic E-state index is -0.556. The number of carbonyl (C=O) groups is 1. The van der Waals surface area contributed by atoms with Crippen molar-refractivity contribution in [1.82, 2.24) is 4.90 Å².